The van der Waals surface area contributed by atoms with E-state index in [0.29, 0.717) is 11.8 Å². The fraction of sp³-hybridized carbons (Fsp3) is 0.423. The van der Waals surface area contributed by atoms with E-state index in [1.54, 1.807) is 18.3 Å². The van der Waals surface area contributed by atoms with Crippen LogP contribution in [0.5, 0.6) is 0 Å². The smallest absolute Gasteiger partial charge is 0.270 e. The predicted molar refractivity (Wildman–Crippen MR) is 127 cm³/mol. The Bertz CT molecular complexity index is 1060. The van der Waals surface area contributed by atoms with E-state index in [0.717, 1.165) is 38.3 Å². The lowest BCUT2D eigenvalue weighted by Gasteiger charge is -2.40. The number of pyridine rings is 1. The van der Waals surface area contributed by atoms with Gasteiger partial charge in [0, 0.05) is 29.9 Å². The van der Waals surface area contributed by atoms with Crippen LogP contribution >= 0.6 is 0 Å². The number of amides is 1. The van der Waals surface area contributed by atoms with Crippen molar-refractivity contribution < 1.29 is 13.6 Å². The van der Waals surface area contributed by atoms with Crippen LogP contribution in [0.2, 0.25) is 0 Å². The second-order valence-electron chi connectivity index (χ2n) is 9.28. The number of carbonyl (C=O) groups is 1. The number of nitrogens with one attached hydrogen (secondary N) is 1. The molecule has 1 aliphatic carbocycles. The first-order chi connectivity index (χ1) is 15.9. The maximum atomic E-state index is 14.8. The summed E-state index contributed by atoms with van der Waals surface area (Å²) in [4.78, 5) is 21.6. The molecule has 4 rings (SSSR count). The summed E-state index contributed by atoms with van der Waals surface area (Å²) < 4.78 is 29.3. The number of nitrogens with zero attached hydrogens (tertiary/aromatic N) is 2. The maximum absolute atomic E-state index is 14.8. The Balaban J connectivity index is 1.57. The van der Waals surface area contributed by atoms with E-state index >= 15 is 0 Å². The van der Waals surface area contributed by atoms with Crippen LogP contribution in [0.3, 0.4) is 0 Å². The quantitative estimate of drug-likeness (QED) is 0.695. The molecule has 5 unspecified atom stereocenters. The highest BCUT2D eigenvalue weighted by Crippen LogP contribution is 2.37. The summed E-state index contributed by atoms with van der Waals surface area (Å²) >= 11 is 0. The normalized spacial score (nSPS) is 27.2. The summed E-state index contributed by atoms with van der Waals surface area (Å²) in [5.74, 6) is -0.563. The number of benzene rings is 1. The van der Waals surface area contributed by atoms with Crippen LogP contribution in [-0.4, -0.2) is 35.7 Å². The molecule has 1 aromatic carbocycles. The first-order valence-corrected chi connectivity index (χ1v) is 11.5. The fourth-order valence-corrected chi connectivity index (χ4v) is 5.31. The Morgan fingerprint density at radius 1 is 1.21 bits per heavy atom. The van der Waals surface area contributed by atoms with Crippen molar-refractivity contribution in [1.29, 1.82) is 0 Å². The molecule has 2 aliphatic rings. The number of hydrogen-bond acceptors (Lipinski definition) is 4. The molecule has 5 atom stereocenters. The van der Waals surface area contributed by atoms with Crippen LogP contribution in [0, 0.1) is 29.4 Å². The van der Waals surface area contributed by atoms with E-state index in [2.05, 4.69) is 28.8 Å². The summed E-state index contributed by atoms with van der Waals surface area (Å²) in [6.45, 7) is 6.53. The average molecular weight is 453 g/mol. The zero-order chi connectivity index (χ0) is 23.5. The van der Waals surface area contributed by atoms with Crippen molar-refractivity contribution in [2.45, 2.75) is 44.7 Å². The second kappa shape index (κ2) is 9.91. The van der Waals surface area contributed by atoms with Crippen LogP contribution in [-0.2, 0) is 0 Å². The topological polar surface area (TPSA) is 80.4 Å². The number of aliphatic imine (C=N–C) groups is 1. The lowest BCUT2D eigenvalue weighted by Crippen LogP contribution is -2.48. The van der Waals surface area contributed by atoms with Gasteiger partial charge in [-0.1, -0.05) is 31.7 Å². The zero-order valence-corrected chi connectivity index (χ0v) is 18.8. The van der Waals surface area contributed by atoms with Crippen molar-refractivity contribution in [3.8, 4) is 11.3 Å². The van der Waals surface area contributed by atoms with Crippen LogP contribution in [0.25, 0.3) is 17.3 Å². The van der Waals surface area contributed by atoms with Gasteiger partial charge in [-0.25, -0.2) is 13.8 Å². The zero-order valence-electron chi connectivity index (χ0n) is 18.8. The summed E-state index contributed by atoms with van der Waals surface area (Å²) in [5, 5.41) is 3.02. The molecule has 1 aliphatic heterocycles. The Kier molecular flexibility index (Phi) is 6.98. The third-order valence-corrected chi connectivity index (χ3v) is 6.82. The largest absolute Gasteiger partial charge is 0.343 e. The minimum atomic E-state index is -0.700. The van der Waals surface area contributed by atoms with Crippen molar-refractivity contribution in [1.82, 2.24) is 10.3 Å². The highest BCUT2D eigenvalue weighted by molar-refractivity contribution is 5.94. The average Bonchev–Trinajstić information content (AvgIpc) is 2.79. The predicted octanol–water partition coefficient (Wildman–Crippen LogP) is 4.62. The number of rotatable bonds is 5. The second-order valence-corrected chi connectivity index (χ2v) is 9.28. The third-order valence-electron chi connectivity index (χ3n) is 6.82. The molecular weight excluding hydrogens is 422 g/mol. The molecule has 5 nitrogen and oxygen atoms in total. The number of aromatic nitrogens is 1. The highest BCUT2D eigenvalue weighted by Gasteiger charge is 2.36. The van der Waals surface area contributed by atoms with Gasteiger partial charge in [0.15, 0.2) is 0 Å². The minimum Gasteiger partial charge on any atom is -0.343 e. The molecular formula is C26H30F2N4O. The Morgan fingerprint density at radius 2 is 2.03 bits per heavy atom. The SMILES string of the molecule is C=Cc1cccc(-c2nc(C(=O)NC3C=NCCC3C3CC(C)CC(N)C3)ccc2F)c1F. The number of nitrogens with two attached hydrogens (primary N) is 1. The Hall–Kier alpha value is -2.93. The van der Waals surface area contributed by atoms with Gasteiger partial charge in [0.05, 0.1) is 6.04 Å². The molecule has 0 bridgehead atoms. The van der Waals surface area contributed by atoms with Crippen molar-refractivity contribution in [3.63, 3.8) is 0 Å². The van der Waals surface area contributed by atoms with Gasteiger partial charge in [0.2, 0.25) is 0 Å². The highest BCUT2D eigenvalue weighted by atomic mass is 19.1. The van der Waals surface area contributed by atoms with Crippen LogP contribution < -0.4 is 11.1 Å². The Labute approximate surface area is 193 Å². The van der Waals surface area contributed by atoms with Crippen molar-refractivity contribution in [2.24, 2.45) is 28.5 Å². The lowest BCUT2D eigenvalue weighted by atomic mass is 9.70. The molecule has 33 heavy (non-hydrogen) atoms. The fourth-order valence-electron chi connectivity index (χ4n) is 5.31. The van der Waals surface area contributed by atoms with E-state index in [4.69, 9.17) is 5.73 Å². The monoisotopic (exact) mass is 452 g/mol. The molecule has 174 valence electrons. The first-order valence-electron chi connectivity index (χ1n) is 11.5. The molecule has 1 saturated carbocycles. The summed E-state index contributed by atoms with van der Waals surface area (Å²) in [7, 11) is 0. The minimum absolute atomic E-state index is 0.0122. The van der Waals surface area contributed by atoms with Gasteiger partial charge in [-0.15, -0.1) is 0 Å². The number of hydrogen-bond donors (Lipinski definition) is 2. The molecule has 1 amide bonds. The standard InChI is InChI=1S/C26H30F2N4O/c1-3-16-5-4-6-20(24(16)28)25-21(27)7-8-22(31-25)26(33)32-23-14-30-10-9-19(23)17-11-15(2)12-18(29)13-17/h3-8,14-15,17-19,23H,1,9-13,29H2,2H3,(H,32,33). The van der Waals surface area contributed by atoms with E-state index < -0.39 is 17.5 Å². The molecule has 1 fully saturated rings. The third kappa shape index (κ3) is 5.03. The first kappa shape index (κ1) is 23.2. The summed E-state index contributed by atoms with van der Waals surface area (Å²) in [5.41, 5.74) is 6.33. The summed E-state index contributed by atoms with van der Waals surface area (Å²) in [6.07, 6.45) is 7.08. The van der Waals surface area contributed by atoms with E-state index in [9.17, 15) is 13.6 Å². The van der Waals surface area contributed by atoms with Crippen LogP contribution in [0.15, 0.2) is 41.9 Å². The maximum Gasteiger partial charge on any atom is 0.270 e. The van der Waals surface area contributed by atoms with Crippen LogP contribution in [0.1, 0.15) is 48.7 Å². The summed E-state index contributed by atoms with van der Waals surface area (Å²) in [6, 6.07) is 6.97. The van der Waals surface area contributed by atoms with Gasteiger partial charge in [-0.3, -0.25) is 9.79 Å². The van der Waals surface area contributed by atoms with Gasteiger partial charge in [0.1, 0.15) is 23.0 Å². The van der Waals surface area contributed by atoms with E-state index in [1.165, 1.54) is 18.2 Å². The van der Waals surface area contributed by atoms with Gasteiger partial charge in [-0.05, 0) is 61.6 Å². The Morgan fingerprint density at radius 3 is 2.79 bits per heavy atom. The van der Waals surface area contributed by atoms with Gasteiger partial charge < -0.3 is 11.1 Å². The van der Waals surface area contributed by atoms with Crippen LogP contribution in [0.4, 0.5) is 8.78 Å². The number of halogens is 2. The molecule has 2 heterocycles. The molecule has 1 aromatic heterocycles. The van der Waals surface area contributed by atoms with E-state index in [-0.39, 0.29) is 40.5 Å². The van der Waals surface area contributed by atoms with E-state index in [1.807, 2.05) is 0 Å². The van der Waals surface area contributed by atoms with Crippen molar-refractivity contribution >= 4 is 18.2 Å². The molecule has 3 N–H and O–H groups in total. The lowest BCUT2D eigenvalue weighted by molar-refractivity contribution is 0.0904. The molecule has 2 aromatic rings. The molecule has 0 spiro atoms. The molecule has 7 heteroatoms. The van der Waals surface area contributed by atoms with Gasteiger partial charge in [-0.2, -0.15) is 0 Å². The van der Waals surface area contributed by atoms with Gasteiger partial charge in [0.25, 0.3) is 5.91 Å². The molecule has 0 radical (unpaired) electrons. The molecule has 0 saturated heterocycles. The number of carbonyl (C=O) groups excluding carboxylic acids is 1. The van der Waals surface area contributed by atoms with Crippen molar-refractivity contribution in [2.75, 3.05) is 6.54 Å². The van der Waals surface area contributed by atoms with Gasteiger partial charge >= 0.3 is 0 Å². The van der Waals surface area contributed by atoms with Crippen molar-refractivity contribution in [3.05, 3.63) is 59.8 Å².